The number of sulfonamides is 1. The fraction of sp³-hybridized carbons (Fsp3) is 0.474. The number of amides is 1. The number of aromatic nitrogens is 1. The van der Waals surface area contributed by atoms with E-state index in [1.54, 1.807) is 13.8 Å². The molecule has 7 nitrogen and oxygen atoms in total. The quantitative estimate of drug-likeness (QED) is 0.865. The van der Waals surface area contributed by atoms with Gasteiger partial charge in [-0.2, -0.15) is 4.31 Å². The highest BCUT2D eigenvalue weighted by Gasteiger charge is 2.35. The van der Waals surface area contributed by atoms with Crippen molar-refractivity contribution in [2.75, 3.05) is 18.4 Å². The van der Waals surface area contributed by atoms with Crippen LogP contribution in [0.15, 0.2) is 27.6 Å². The van der Waals surface area contributed by atoms with Gasteiger partial charge in [0.15, 0.2) is 5.76 Å². The van der Waals surface area contributed by atoms with E-state index in [0.717, 1.165) is 16.8 Å². The summed E-state index contributed by atoms with van der Waals surface area (Å²) in [6.07, 6.45) is 0.971. The van der Waals surface area contributed by atoms with Gasteiger partial charge >= 0.3 is 0 Å². The van der Waals surface area contributed by atoms with E-state index in [9.17, 15) is 13.2 Å². The Bertz CT molecular complexity index is 938. The molecule has 0 saturated carbocycles. The third kappa shape index (κ3) is 3.91. The second-order valence-corrected chi connectivity index (χ2v) is 9.01. The number of hydrogen-bond donors (Lipinski definition) is 1. The van der Waals surface area contributed by atoms with E-state index in [4.69, 9.17) is 4.52 Å². The molecule has 2 aromatic rings. The standard InChI is InChI=1S/C19H25N3O4S/c1-12-5-6-13(2)17(11-12)20-19(23)16-7-9-22(10-8-16)27(24,25)18-14(3)21-26-15(18)4/h5-6,11,16H,7-10H2,1-4H3,(H,20,23). The lowest BCUT2D eigenvalue weighted by atomic mass is 9.97. The normalized spacial score (nSPS) is 16.4. The van der Waals surface area contributed by atoms with E-state index in [0.29, 0.717) is 37.4 Å². The summed E-state index contributed by atoms with van der Waals surface area (Å²) in [5, 5.41) is 6.73. The number of nitrogens with zero attached hydrogens (tertiary/aromatic N) is 2. The molecule has 0 bridgehead atoms. The molecule has 3 rings (SSSR count). The van der Waals surface area contributed by atoms with Gasteiger partial charge < -0.3 is 9.84 Å². The molecular weight excluding hydrogens is 366 g/mol. The van der Waals surface area contributed by atoms with Gasteiger partial charge in [0.25, 0.3) is 0 Å². The minimum absolute atomic E-state index is 0.0573. The Morgan fingerprint density at radius 3 is 2.44 bits per heavy atom. The molecular formula is C19H25N3O4S. The largest absolute Gasteiger partial charge is 0.360 e. The van der Waals surface area contributed by atoms with Gasteiger partial charge in [0.1, 0.15) is 10.6 Å². The molecule has 1 amide bonds. The van der Waals surface area contributed by atoms with Gasteiger partial charge in [0, 0.05) is 24.7 Å². The van der Waals surface area contributed by atoms with E-state index in [-0.39, 0.29) is 16.7 Å². The Morgan fingerprint density at radius 2 is 1.85 bits per heavy atom. The summed E-state index contributed by atoms with van der Waals surface area (Å²) in [5.41, 5.74) is 3.26. The number of nitrogens with one attached hydrogen (secondary N) is 1. The monoisotopic (exact) mass is 391 g/mol. The van der Waals surface area contributed by atoms with Gasteiger partial charge in [0.2, 0.25) is 15.9 Å². The molecule has 1 N–H and O–H groups in total. The first-order valence-electron chi connectivity index (χ1n) is 9.01. The zero-order chi connectivity index (χ0) is 19.8. The van der Waals surface area contributed by atoms with Crippen molar-refractivity contribution in [1.29, 1.82) is 0 Å². The molecule has 1 aromatic carbocycles. The molecule has 146 valence electrons. The Hall–Kier alpha value is -2.19. The lowest BCUT2D eigenvalue weighted by Gasteiger charge is -2.30. The van der Waals surface area contributed by atoms with Gasteiger partial charge in [-0.1, -0.05) is 17.3 Å². The fourth-order valence-corrected chi connectivity index (χ4v) is 5.20. The fourth-order valence-electron chi connectivity index (χ4n) is 3.44. The molecule has 1 saturated heterocycles. The van der Waals surface area contributed by atoms with Crippen LogP contribution in [-0.4, -0.2) is 36.9 Å². The van der Waals surface area contributed by atoms with Crippen LogP contribution >= 0.6 is 0 Å². The van der Waals surface area contributed by atoms with Crippen LogP contribution in [0.1, 0.15) is 35.4 Å². The molecule has 1 aliphatic rings. The summed E-state index contributed by atoms with van der Waals surface area (Å²) in [6.45, 7) is 7.75. The lowest BCUT2D eigenvalue weighted by molar-refractivity contribution is -0.120. The van der Waals surface area contributed by atoms with Gasteiger partial charge in [-0.25, -0.2) is 8.42 Å². The Balaban J connectivity index is 1.66. The number of benzene rings is 1. The maximum Gasteiger partial charge on any atom is 0.248 e. The number of anilines is 1. The Labute approximate surface area is 159 Å². The van der Waals surface area contributed by atoms with Crippen molar-refractivity contribution in [2.24, 2.45) is 5.92 Å². The molecule has 27 heavy (non-hydrogen) atoms. The molecule has 1 aliphatic heterocycles. The summed E-state index contributed by atoms with van der Waals surface area (Å²) >= 11 is 0. The maximum atomic E-state index is 12.9. The van der Waals surface area contributed by atoms with E-state index in [1.807, 2.05) is 32.0 Å². The zero-order valence-corrected chi connectivity index (χ0v) is 16.9. The summed E-state index contributed by atoms with van der Waals surface area (Å²) in [4.78, 5) is 12.8. The van der Waals surface area contributed by atoms with Crippen LogP contribution in [0.25, 0.3) is 0 Å². The predicted molar refractivity (Wildman–Crippen MR) is 102 cm³/mol. The van der Waals surface area contributed by atoms with Crippen LogP contribution in [0.2, 0.25) is 0 Å². The van der Waals surface area contributed by atoms with Crippen LogP contribution in [0.3, 0.4) is 0 Å². The summed E-state index contributed by atoms with van der Waals surface area (Å²) in [5.74, 6) is 0.0291. The van der Waals surface area contributed by atoms with Gasteiger partial charge in [-0.15, -0.1) is 0 Å². The molecule has 0 spiro atoms. The van der Waals surface area contributed by atoms with Crippen LogP contribution in [0.5, 0.6) is 0 Å². The Kier molecular flexibility index (Phi) is 5.39. The van der Waals surface area contributed by atoms with Crippen molar-refractivity contribution in [2.45, 2.75) is 45.4 Å². The molecule has 0 atom stereocenters. The van der Waals surface area contributed by atoms with Crippen molar-refractivity contribution < 1.29 is 17.7 Å². The van der Waals surface area contributed by atoms with Crippen LogP contribution in [0, 0.1) is 33.6 Å². The Morgan fingerprint density at radius 1 is 1.19 bits per heavy atom. The molecule has 1 fully saturated rings. The highest BCUT2D eigenvalue weighted by Crippen LogP contribution is 2.28. The van der Waals surface area contributed by atoms with E-state index < -0.39 is 10.0 Å². The first-order chi connectivity index (χ1) is 12.7. The first-order valence-corrected chi connectivity index (χ1v) is 10.5. The van der Waals surface area contributed by atoms with Crippen molar-refractivity contribution >= 4 is 21.6 Å². The summed E-state index contributed by atoms with van der Waals surface area (Å²) < 4.78 is 32.1. The molecule has 0 aliphatic carbocycles. The molecule has 0 radical (unpaired) electrons. The highest BCUT2D eigenvalue weighted by molar-refractivity contribution is 7.89. The lowest BCUT2D eigenvalue weighted by Crippen LogP contribution is -2.41. The van der Waals surface area contributed by atoms with Crippen LogP contribution in [0.4, 0.5) is 5.69 Å². The van der Waals surface area contributed by atoms with Crippen molar-refractivity contribution in [3.8, 4) is 0 Å². The predicted octanol–water partition coefficient (Wildman–Crippen LogP) is 2.95. The maximum absolute atomic E-state index is 12.9. The number of aryl methyl sites for hydroxylation is 4. The van der Waals surface area contributed by atoms with Gasteiger partial charge in [0.05, 0.1) is 0 Å². The molecule has 0 unspecified atom stereocenters. The van der Waals surface area contributed by atoms with E-state index in [2.05, 4.69) is 10.5 Å². The number of carbonyl (C=O) groups excluding carboxylic acids is 1. The molecule has 2 heterocycles. The number of carbonyl (C=O) groups is 1. The topological polar surface area (TPSA) is 92.5 Å². The average molecular weight is 391 g/mol. The van der Waals surface area contributed by atoms with Crippen LogP contribution < -0.4 is 5.32 Å². The SMILES string of the molecule is Cc1ccc(C)c(NC(=O)C2CCN(S(=O)(=O)c3c(C)noc3C)CC2)c1. The van der Waals surface area contributed by atoms with E-state index >= 15 is 0 Å². The van der Waals surface area contributed by atoms with Crippen molar-refractivity contribution in [3.63, 3.8) is 0 Å². The molecule has 1 aromatic heterocycles. The number of rotatable bonds is 4. The van der Waals surface area contributed by atoms with E-state index in [1.165, 1.54) is 4.31 Å². The smallest absolute Gasteiger partial charge is 0.248 e. The number of piperidine rings is 1. The third-order valence-corrected chi connectivity index (χ3v) is 7.19. The first kappa shape index (κ1) is 19.6. The summed E-state index contributed by atoms with van der Waals surface area (Å²) in [7, 11) is -3.66. The zero-order valence-electron chi connectivity index (χ0n) is 16.1. The highest BCUT2D eigenvalue weighted by atomic mass is 32.2. The minimum atomic E-state index is -3.66. The summed E-state index contributed by atoms with van der Waals surface area (Å²) in [6, 6.07) is 5.93. The average Bonchev–Trinajstić information content (AvgIpc) is 2.97. The molecule has 8 heteroatoms. The van der Waals surface area contributed by atoms with Crippen molar-refractivity contribution in [3.05, 3.63) is 40.8 Å². The second kappa shape index (κ2) is 7.44. The minimum Gasteiger partial charge on any atom is -0.360 e. The van der Waals surface area contributed by atoms with Gasteiger partial charge in [-0.3, -0.25) is 4.79 Å². The van der Waals surface area contributed by atoms with Crippen LogP contribution in [-0.2, 0) is 14.8 Å². The number of hydrogen-bond acceptors (Lipinski definition) is 5. The van der Waals surface area contributed by atoms with Gasteiger partial charge in [-0.05, 0) is 57.7 Å². The van der Waals surface area contributed by atoms with Crippen molar-refractivity contribution in [1.82, 2.24) is 9.46 Å². The third-order valence-electron chi connectivity index (χ3n) is 5.04. The second-order valence-electron chi connectivity index (χ2n) is 7.14.